The highest BCUT2D eigenvalue weighted by atomic mass is 16.5. The molecule has 3 heterocycles. The van der Waals surface area contributed by atoms with E-state index in [0.29, 0.717) is 0 Å². The van der Waals surface area contributed by atoms with Crippen molar-refractivity contribution < 1.29 is 4.74 Å². The largest absolute Gasteiger partial charge is 0.457 e. The Balaban J connectivity index is 1.31. The molecular weight excluding hydrogens is 583 g/mol. The van der Waals surface area contributed by atoms with Gasteiger partial charge in [0, 0.05) is 50.6 Å². The van der Waals surface area contributed by atoms with Gasteiger partial charge in [0.25, 0.3) is 0 Å². The third-order valence-electron chi connectivity index (χ3n) is 10.9. The summed E-state index contributed by atoms with van der Waals surface area (Å²) < 4.78 is 6.65. The SMILES string of the molecule is Cc1cc(-c2cc3c(cc2Nc2ccccc2C)Oc2ccccc2C3(C)C)c2c(c1)N1c3ccccc3C(C)(C)c3cccc(c31)[B]2. The van der Waals surface area contributed by atoms with E-state index in [4.69, 9.17) is 4.74 Å². The van der Waals surface area contributed by atoms with Gasteiger partial charge in [-0.25, -0.2) is 0 Å². The second-order valence-electron chi connectivity index (χ2n) is 14.7. The van der Waals surface area contributed by atoms with Gasteiger partial charge in [0.2, 0.25) is 0 Å². The van der Waals surface area contributed by atoms with Gasteiger partial charge in [-0.15, -0.1) is 0 Å². The number of para-hydroxylation sites is 4. The fourth-order valence-corrected chi connectivity index (χ4v) is 8.31. The van der Waals surface area contributed by atoms with Gasteiger partial charge < -0.3 is 15.0 Å². The van der Waals surface area contributed by atoms with Crippen LogP contribution in [0.2, 0.25) is 0 Å². The van der Waals surface area contributed by atoms with Crippen LogP contribution in [-0.4, -0.2) is 7.28 Å². The van der Waals surface area contributed by atoms with Crippen LogP contribution in [0.15, 0.2) is 115 Å². The van der Waals surface area contributed by atoms with E-state index in [9.17, 15) is 0 Å². The Hall–Kier alpha value is -5.22. The zero-order valence-corrected chi connectivity index (χ0v) is 28.4. The lowest BCUT2D eigenvalue weighted by Crippen LogP contribution is -2.45. The Kier molecular flexibility index (Phi) is 6.12. The van der Waals surface area contributed by atoms with E-state index in [1.165, 1.54) is 66.9 Å². The molecule has 0 bridgehead atoms. The highest BCUT2D eigenvalue weighted by molar-refractivity contribution is 6.73. The number of aryl methyl sites for hydroxylation is 2. The average Bonchev–Trinajstić information content (AvgIpc) is 3.07. The summed E-state index contributed by atoms with van der Waals surface area (Å²) in [6.07, 6.45) is 0. The number of fused-ring (bicyclic) bond motifs is 6. The zero-order chi connectivity index (χ0) is 32.9. The molecule has 0 fully saturated rings. The third-order valence-corrected chi connectivity index (χ3v) is 10.9. The highest BCUT2D eigenvalue weighted by Gasteiger charge is 2.41. The number of nitrogens with zero attached hydrogens (tertiary/aromatic N) is 1. The fourth-order valence-electron chi connectivity index (χ4n) is 8.31. The molecule has 3 aliphatic heterocycles. The Morgan fingerprint density at radius 1 is 0.583 bits per heavy atom. The number of hydrogen-bond acceptors (Lipinski definition) is 3. The number of nitrogens with one attached hydrogen (secondary N) is 1. The van der Waals surface area contributed by atoms with Gasteiger partial charge in [-0.1, -0.05) is 112 Å². The van der Waals surface area contributed by atoms with Crippen molar-refractivity contribution in [2.45, 2.75) is 52.4 Å². The first-order chi connectivity index (χ1) is 23.1. The van der Waals surface area contributed by atoms with Gasteiger partial charge in [0.1, 0.15) is 11.5 Å². The second-order valence-corrected chi connectivity index (χ2v) is 14.7. The van der Waals surface area contributed by atoms with E-state index >= 15 is 0 Å². The lowest BCUT2D eigenvalue weighted by molar-refractivity contribution is 0.418. The Bertz CT molecular complexity index is 2320. The molecule has 6 aromatic rings. The minimum atomic E-state index is -0.243. The number of hydrogen-bond donors (Lipinski definition) is 1. The third kappa shape index (κ3) is 4.08. The summed E-state index contributed by atoms with van der Waals surface area (Å²) in [6.45, 7) is 13.7. The maximum atomic E-state index is 6.65. The molecule has 0 atom stereocenters. The summed E-state index contributed by atoms with van der Waals surface area (Å²) in [6, 6.07) is 42.0. The molecule has 0 saturated carbocycles. The van der Waals surface area contributed by atoms with E-state index in [2.05, 4.69) is 174 Å². The molecule has 1 N–H and O–H groups in total. The summed E-state index contributed by atoms with van der Waals surface area (Å²) in [4.78, 5) is 2.52. The van der Waals surface area contributed by atoms with Gasteiger partial charge in [-0.3, -0.25) is 0 Å². The number of anilines is 5. The fraction of sp³-hybridized carbons (Fsp3) is 0.182. The first-order valence-electron chi connectivity index (χ1n) is 16.9. The molecule has 0 unspecified atom stereocenters. The monoisotopic (exact) mass is 621 g/mol. The van der Waals surface area contributed by atoms with Crippen LogP contribution in [0.1, 0.15) is 61.1 Å². The minimum absolute atomic E-state index is 0.110. The highest BCUT2D eigenvalue weighted by Crippen LogP contribution is 2.54. The first kappa shape index (κ1) is 29.0. The summed E-state index contributed by atoms with van der Waals surface area (Å²) in [5, 5.41) is 3.85. The standard InChI is InChI=1S/C44H38BN2O/c1-26-22-29(41-38(23-26)47-37-20-11-8-15-30(37)43(3,4)32-17-13-18-34(45-41)42(32)47)28-24-33-40(25-36(28)46-35-19-10-7-14-27(35)2)48-39-21-12-9-16-31(39)44(33,5)6/h7-25,46H,1-6H3. The maximum Gasteiger partial charge on any atom is 0.197 e. The van der Waals surface area contributed by atoms with Crippen molar-refractivity contribution >= 4 is 46.6 Å². The Morgan fingerprint density at radius 3 is 2.12 bits per heavy atom. The smallest absolute Gasteiger partial charge is 0.197 e. The molecule has 1 radical (unpaired) electrons. The van der Waals surface area contributed by atoms with E-state index in [1.54, 1.807) is 0 Å². The molecule has 0 saturated heterocycles. The van der Waals surface area contributed by atoms with E-state index in [0.717, 1.165) is 28.4 Å². The average molecular weight is 622 g/mol. The molecule has 0 amide bonds. The van der Waals surface area contributed by atoms with Crippen LogP contribution in [0.25, 0.3) is 11.1 Å². The van der Waals surface area contributed by atoms with Crippen LogP contribution in [0.3, 0.4) is 0 Å². The minimum Gasteiger partial charge on any atom is -0.457 e. The Morgan fingerprint density at radius 2 is 1.29 bits per heavy atom. The lowest BCUT2D eigenvalue weighted by atomic mass is 9.55. The molecule has 4 heteroatoms. The molecule has 3 nitrogen and oxygen atoms in total. The van der Waals surface area contributed by atoms with Crippen molar-refractivity contribution in [2.24, 2.45) is 0 Å². The lowest BCUT2D eigenvalue weighted by Gasteiger charge is -2.46. The molecule has 0 spiro atoms. The van der Waals surface area contributed by atoms with Crippen LogP contribution in [0.5, 0.6) is 11.5 Å². The quantitative estimate of drug-likeness (QED) is 0.199. The van der Waals surface area contributed by atoms with Crippen LogP contribution < -0.4 is 25.9 Å². The van der Waals surface area contributed by atoms with Crippen molar-refractivity contribution in [3.05, 3.63) is 149 Å². The summed E-state index contributed by atoms with van der Waals surface area (Å²) in [7, 11) is 2.41. The first-order valence-corrected chi connectivity index (χ1v) is 16.9. The summed E-state index contributed by atoms with van der Waals surface area (Å²) >= 11 is 0. The normalized spacial score (nSPS) is 15.5. The predicted molar refractivity (Wildman–Crippen MR) is 202 cm³/mol. The molecule has 233 valence electrons. The topological polar surface area (TPSA) is 24.5 Å². The van der Waals surface area contributed by atoms with Crippen LogP contribution >= 0.6 is 0 Å². The number of ether oxygens (including phenoxy) is 1. The molecule has 6 aromatic carbocycles. The summed E-state index contributed by atoms with van der Waals surface area (Å²) in [5.74, 6) is 1.82. The predicted octanol–water partition coefficient (Wildman–Crippen LogP) is 10.2. The van der Waals surface area contributed by atoms with E-state index in [1.807, 2.05) is 0 Å². The van der Waals surface area contributed by atoms with Gasteiger partial charge in [-0.05, 0) is 77.5 Å². The van der Waals surface area contributed by atoms with Crippen molar-refractivity contribution in [3.63, 3.8) is 0 Å². The molecule has 0 aliphatic carbocycles. The number of benzene rings is 6. The van der Waals surface area contributed by atoms with Gasteiger partial charge in [0.05, 0.1) is 11.4 Å². The van der Waals surface area contributed by atoms with Gasteiger partial charge in [0.15, 0.2) is 7.28 Å². The van der Waals surface area contributed by atoms with Crippen molar-refractivity contribution in [3.8, 4) is 22.6 Å². The van der Waals surface area contributed by atoms with Crippen LogP contribution in [-0.2, 0) is 10.8 Å². The molecule has 3 aliphatic rings. The maximum absolute atomic E-state index is 6.65. The van der Waals surface area contributed by atoms with E-state index in [-0.39, 0.29) is 10.8 Å². The van der Waals surface area contributed by atoms with Crippen molar-refractivity contribution in [1.82, 2.24) is 0 Å². The second kappa shape index (κ2) is 10.1. The molecule has 0 aromatic heterocycles. The zero-order valence-electron chi connectivity index (χ0n) is 28.4. The Labute approximate surface area is 284 Å². The van der Waals surface area contributed by atoms with Crippen LogP contribution in [0, 0.1) is 13.8 Å². The summed E-state index contributed by atoms with van der Waals surface area (Å²) in [5.41, 5.74) is 17.9. The van der Waals surface area contributed by atoms with Crippen LogP contribution in [0.4, 0.5) is 28.4 Å². The molecule has 48 heavy (non-hydrogen) atoms. The molecular formula is C44H38BN2O. The van der Waals surface area contributed by atoms with Gasteiger partial charge in [-0.2, -0.15) is 0 Å². The van der Waals surface area contributed by atoms with Crippen molar-refractivity contribution in [1.29, 1.82) is 0 Å². The number of rotatable bonds is 3. The molecule has 9 rings (SSSR count). The van der Waals surface area contributed by atoms with Crippen molar-refractivity contribution in [2.75, 3.05) is 10.2 Å². The van der Waals surface area contributed by atoms with Gasteiger partial charge >= 0.3 is 0 Å². The van der Waals surface area contributed by atoms with E-state index < -0.39 is 0 Å².